The van der Waals surface area contributed by atoms with Crippen LogP contribution in [0, 0.1) is 17.8 Å². The molecule has 3 amide bonds. The number of nitrogens with zero attached hydrogens (tertiary/aromatic N) is 1. The van der Waals surface area contributed by atoms with Crippen LogP contribution >= 0.6 is 0 Å². The molecule has 5 fully saturated rings. The van der Waals surface area contributed by atoms with Gasteiger partial charge in [-0.2, -0.15) is 0 Å². The van der Waals surface area contributed by atoms with Gasteiger partial charge in [0.05, 0.1) is 0 Å². The van der Waals surface area contributed by atoms with Crippen LogP contribution in [0.25, 0.3) is 0 Å². The van der Waals surface area contributed by atoms with E-state index in [4.69, 9.17) is 0 Å². The summed E-state index contributed by atoms with van der Waals surface area (Å²) in [5.74, 6) is 2.89. The fraction of sp³-hybridized carbons (Fsp3) is 0.704. The Morgan fingerprint density at radius 2 is 1.45 bits per heavy atom. The van der Waals surface area contributed by atoms with E-state index in [0.29, 0.717) is 18.5 Å². The Morgan fingerprint density at radius 3 is 2.09 bits per heavy atom. The van der Waals surface area contributed by atoms with Crippen molar-refractivity contribution < 1.29 is 9.59 Å². The standard InChI is InChI=1S/C27H40N4O2/c32-25-10-13-31(26(33)30-25)24-8-6-23(7-9-24)28-11-4-2-1-3-5-12-29-27-17-20-14-21(18-27)16-22(15-20)19-27/h6-9,20-22,28-29H,1-5,10-19H2,(H,30,32,33). The summed E-state index contributed by atoms with van der Waals surface area (Å²) < 4.78 is 0. The van der Waals surface area contributed by atoms with Crippen molar-refractivity contribution in [3.63, 3.8) is 0 Å². The number of hydrogen-bond donors (Lipinski definition) is 3. The van der Waals surface area contributed by atoms with Crippen LogP contribution in [0.2, 0.25) is 0 Å². The Hall–Kier alpha value is -2.08. The second-order valence-electron chi connectivity index (χ2n) is 11.1. The van der Waals surface area contributed by atoms with Crippen LogP contribution in [0.15, 0.2) is 24.3 Å². The van der Waals surface area contributed by atoms with Crippen LogP contribution in [0.5, 0.6) is 0 Å². The summed E-state index contributed by atoms with van der Waals surface area (Å²) in [4.78, 5) is 24.9. The molecule has 0 atom stereocenters. The lowest BCUT2D eigenvalue weighted by Crippen LogP contribution is -2.58. The number of amides is 3. The van der Waals surface area contributed by atoms with Crippen molar-refractivity contribution in [2.24, 2.45) is 17.8 Å². The van der Waals surface area contributed by atoms with Crippen molar-refractivity contribution in [2.75, 3.05) is 29.9 Å². The van der Waals surface area contributed by atoms with E-state index in [1.165, 1.54) is 77.2 Å². The van der Waals surface area contributed by atoms with Crippen molar-refractivity contribution in [3.8, 4) is 0 Å². The Labute approximate surface area is 198 Å². The molecule has 6 nitrogen and oxygen atoms in total. The number of carbonyl (C=O) groups excluding carboxylic acids is 2. The zero-order valence-electron chi connectivity index (χ0n) is 19.9. The third-order valence-electron chi connectivity index (χ3n) is 8.45. The number of nitrogens with one attached hydrogen (secondary N) is 3. The van der Waals surface area contributed by atoms with Gasteiger partial charge in [0, 0.05) is 36.4 Å². The summed E-state index contributed by atoms with van der Waals surface area (Å²) in [5.41, 5.74) is 2.42. The molecule has 1 aromatic carbocycles. The van der Waals surface area contributed by atoms with Gasteiger partial charge in [-0.15, -0.1) is 0 Å². The van der Waals surface area contributed by atoms with Crippen LogP contribution in [0.3, 0.4) is 0 Å². The quantitative estimate of drug-likeness (QED) is 0.411. The molecule has 0 unspecified atom stereocenters. The van der Waals surface area contributed by atoms with Gasteiger partial charge in [-0.25, -0.2) is 4.79 Å². The summed E-state index contributed by atoms with van der Waals surface area (Å²) in [6, 6.07) is 7.56. The first kappa shape index (κ1) is 22.7. The third kappa shape index (κ3) is 5.53. The highest BCUT2D eigenvalue weighted by molar-refractivity contribution is 6.05. The Bertz CT molecular complexity index is 802. The molecule has 1 saturated heterocycles. The molecule has 0 aromatic heterocycles. The first-order valence-electron chi connectivity index (χ1n) is 13.3. The molecule has 6 rings (SSSR count). The number of imide groups is 1. The van der Waals surface area contributed by atoms with E-state index in [9.17, 15) is 9.59 Å². The minimum Gasteiger partial charge on any atom is -0.385 e. The molecular weight excluding hydrogens is 412 g/mol. The normalized spacial score (nSPS) is 30.5. The van der Waals surface area contributed by atoms with Crippen molar-refractivity contribution >= 4 is 23.3 Å². The highest BCUT2D eigenvalue weighted by atomic mass is 16.2. The van der Waals surface area contributed by atoms with Gasteiger partial charge in [-0.05, 0) is 99.9 Å². The van der Waals surface area contributed by atoms with Crippen molar-refractivity contribution in [1.29, 1.82) is 0 Å². The number of rotatable bonds is 11. The highest BCUT2D eigenvalue weighted by Crippen LogP contribution is 2.55. The summed E-state index contributed by atoms with van der Waals surface area (Å²) in [6.45, 7) is 2.62. The molecule has 180 valence electrons. The minimum absolute atomic E-state index is 0.201. The second-order valence-corrected chi connectivity index (χ2v) is 11.1. The third-order valence-corrected chi connectivity index (χ3v) is 8.45. The van der Waals surface area contributed by atoms with Gasteiger partial charge in [0.1, 0.15) is 0 Å². The molecule has 0 radical (unpaired) electrons. The lowest BCUT2D eigenvalue weighted by Gasteiger charge is -2.57. The van der Waals surface area contributed by atoms with Crippen LogP contribution in [-0.4, -0.2) is 37.1 Å². The number of hydrogen-bond acceptors (Lipinski definition) is 4. The van der Waals surface area contributed by atoms with Crippen LogP contribution in [-0.2, 0) is 4.79 Å². The Kier molecular flexibility index (Phi) is 6.91. The van der Waals surface area contributed by atoms with Crippen molar-refractivity contribution in [2.45, 2.75) is 82.6 Å². The molecule has 0 spiro atoms. The smallest absolute Gasteiger partial charge is 0.328 e. The lowest BCUT2D eigenvalue weighted by atomic mass is 9.53. The highest BCUT2D eigenvalue weighted by Gasteiger charge is 2.50. The number of unbranched alkanes of at least 4 members (excludes halogenated alkanes) is 4. The fourth-order valence-corrected chi connectivity index (χ4v) is 7.26. The van der Waals surface area contributed by atoms with E-state index in [1.54, 1.807) is 4.90 Å². The van der Waals surface area contributed by atoms with Gasteiger partial charge < -0.3 is 10.6 Å². The van der Waals surface area contributed by atoms with Crippen LogP contribution in [0.1, 0.15) is 77.0 Å². The van der Waals surface area contributed by atoms with Gasteiger partial charge >= 0.3 is 6.03 Å². The zero-order chi connectivity index (χ0) is 22.7. The van der Waals surface area contributed by atoms with Gasteiger partial charge in [-0.3, -0.25) is 15.0 Å². The summed E-state index contributed by atoms with van der Waals surface area (Å²) >= 11 is 0. The van der Waals surface area contributed by atoms with E-state index < -0.39 is 0 Å². The van der Waals surface area contributed by atoms with Crippen molar-refractivity contribution in [1.82, 2.24) is 10.6 Å². The minimum atomic E-state index is -0.333. The summed E-state index contributed by atoms with van der Waals surface area (Å²) in [5, 5.41) is 9.88. The molecular formula is C27H40N4O2. The number of carbonyl (C=O) groups is 2. The van der Waals surface area contributed by atoms with Gasteiger partial charge in [0.15, 0.2) is 0 Å². The SMILES string of the molecule is O=C1CCN(c2ccc(NCCCCCCCNC34CC5CC(CC(C5)C3)C4)cc2)C(=O)N1. The predicted octanol–water partition coefficient (Wildman–Crippen LogP) is 5.05. The molecule has 4 aliphatic carbocycles. The first-order valence-corrected chi connectivity index (χ1v) is 13.3. The topological polar surface area (TPSA) is 73.5 Å². The monoisotopic (exact) mass is 452 g/mol. The van der Waals surface area contributed by atoms with Gasteiger partial charge in [-0.1, -0.05) is 19.3 Å². The predicted molar refractivity (Wildman–Crippen MR) is 132 cm³/mol. The molecule has 3 N–H and O–H groups in total. The summed E-state index contributed by atoms with van der Waals surface area (Å²) in [7, 11) is 0. The van der Waals surface area contributed by atoms with E-state index in [-0.39, 0.29) is 11.9 Å². The fourth-order valence-electron chi connectivity index (χ4n) is 7.26. The number of benzene rings is 1. The lowest BCUT2D eigenvalue weighted by molar-refractivity contribution is -0.120. The van der Waals surface area contributed by atoms with E-state index in [2.05, 4.69) is 16.0 Å². The Morgan fingerprint density at radius 1 is 0.848 bits per heavy atom. The van der Waals surface area contributed by atoms with Crippen LogP contribution in [0.4, 0.5) is 16.2 Å². The maximum atomic E-state index is 11.9. The second kappa shape index (κ2) is 10.0. The average molecular weight is 453 g/mol. The maximum Gasteiger partial charge on any atom is 0.328 e. The van der Waals surface area contributed by atoms with Gasteiger partial charge in [0.25, 0.3) is 0 Å². The maximum absolute atomic E-state index is 11.9. The van der Waals surface area contributed by atoms with Crippen LogP contribution < -0.4 is 20.9 Å². The average Bonchev–Trinajstić information content (AvgIpc) is 2.78. The molecule has 1 aromatic rings. The van der Waals surface area contributed by atoms with Crippen molar-refractivity contribution in [3.05, 3.63) is 24.3 Å². The molecule has 33 heavy (non-hydrogen) atoms. The van der Waals surface area contributed by atoms with E-state index in [0.717, 1.165) is 35.7 Å². The van der Waals surface area contributed by atoms with E-state index in [1.807, 2.05) is 24.3 Å². The molecule has 4 saturated carbocycles. The molecule has 5 aliphatic rings. The number of anilines is 2. The van der Waals surface area contributed by atoms with Gasteiger partial charge in [0.2, 0.25) is 5.91 Å². The molecule has 4 bridgehead atoms. The zero-order valence-corrected chi connectivity index (χ0v) is 19.9. The van der Waals surface area contributed by atoms with E-state index >= 15 is 0 Å². The Balaban J connectivity index is 0.921. The molecule has 6 heteroatoms. The largest absolute Gasteiger partial charge is 0.385 e. The first-order chi connectivity index (χ1) is 16.1. The number of urea groups is 1. The molecule has 1 aliphatic heterocycles. The molecule has 1 heterocycles. The summed E-state index contributed by atoms with van der Waals surface area (Å²) in [6.07, 6.45) is 15.7.